The smallest absolute Gasteiger partial charge is 0.243 e. The van der Waals surface area contributed by atoms with Gasteiger partial charge in [-0.1, -0.05) is 26.2 Å². The van der Waals surface area contributed by atoms with Crippen molar-refractivity contribution < 1.29 is 4.79 Å². The fourth-order valence-corrected chi connectivity index (χ4v) is 2.46. The van der Waals surface area contributed by atoms with Gasteiger partial charge in [0.15, 0.2) is 0 Å². The molecule has 3 heteroatoms. The highest BCUT2D eigenvalue weighted by Crippen LogP contribution is 2.28. The van der Waals surface area contributed by atoms with Gasteiger partial charge in [0.25, 0.3) is 0 Å². The standard InChI is InChI=1S/C11H18N2O/c1-8-9-6-4-2-3-5-7-10(9)12-13-11(8)14/h8-9H,2-7H2,1H3,(H,13,14). The van der Waals surface area contributed by atoms with Gasteiger partial charge in [0.1, 0.15) is 0 Å². The summed E-state index contributed by atoms with van der Waals surface area (Å²) < 4.78 is 0. The Bertz CT molecular complexity index is 260. The van der Waals surface area contributed by atoms with Crippen molar-refractivity contribution in [3.05, 3.63) is 0 Å². The molecule has 0 saturated heterocycles. The summed E-state index contributed by atoms with van der Waals surface area (Å²) in [6.45, 7) is 2.02. The zero-order valence-electron chi connectivity index (χ0n) is 8.75. The molecule has 0 aromatic carbocycles. The van der Waals surface area contributed by atoms with Crippen LogP contribution < -0.4 is 5.43 Å². The molecule has 14 heavy (non-hydrogen) atoms. The molecule has 2 unspecified atom stereocenters. The summed E-state index contributed by atoms with van der Waals surface area (Å²) in [7, 11) is 0. The molecule has 1 heterocycles. The Labute approximate surface area is 85.0 Å². The van der Waals surface area contributed by atoms with Crippen LogP contribution in [0.5, 0.6) is 0 Å². The summed E-state index contributed by atoms with van der Waals surface area (Å²) in [5.41, 5.74) is 3.86. The van der Waals surface area contributed by atoms with Crippen LogP contribution in [0.15, 0.2) is 5.10 Å². The normalized spacial score (nSPS) is 33.5. The zero-order valence-corrected chi connectivity index (χ0v) is 8.75. The van der Waals surface area contributed by atoms with Gasteiger partial charge in [-0.3, -0.25) is 4.79 Å². The second-order valence-electron chi connectivity index (χ2n) is 4.43. The lowest BCUT2D eigenvalue weighted by molar-refractivity contribution is -0.126. The predicted molar refractivity (Wildman–Crippen MR) is 55.9 cm³/mol. The van der Waals surface area contributed by atoms with Crippen molar-refractivity contribution in [1.29, 1.82) is 0 Å². The molecule has 1 aliphatic heterocycles. The van der Waals surface area contributed by atoms with Gasteiger partial charge >= 0.3 is 0 Å². The van der Waals surface area contributed by atoms with Gasteiger partial charge in [0.05, 0.1) is 0 Å². The van der Waals surface area contributed by atoms with E-state index < -0.39 is 0 Å². The second kappa shape index (κ2) is 4.11. The van der Waals surface area contributed by atoms with E-state index in [1.54, 1.807) is 0 Å². The van der Waals surface area contributed by atoms with Crippen LogP contribution in [-0.4, -0.2) is 11.6 Å². The van der Waals surface area contributed by atoms with Gasteiger partial charge in [0, 0.05) is 17.5 Å². The van der Waals surface area contributed by atoms with E-state index in [0.717, 1.165) is 12.8 Å². The number of hydrogen-bond donors (Lipinski definition) is 1. The summed E-state index contributed by atoms with van der Waals surface area (Å²) in [4.78, 5) is 11.4. The maximum absolute atomic E-state index is 11.4. The largest absolute Gasteiger partial charge is 0.273 e. The fraction of sp³-hybridized carbons (Fsp3) is 0.818. The molecular weight excluding hydrogens is 176 g/mol. The quantitative estimate of drug-likeness (QED) is 0.630. The van der Waals surface area contributed by atoms with Crippen molar-refractivity contribution in [3.8, 4) is 0 Å². The zero-order chi connectivity index (χ0) is 9.97. The third kappa shape index (κ3) is 1.81. The van der Waals surface area contributed by atoms with E-state index in [9.17, 15) is 4.79 Å². The van der Waals surface area contributed by atoms with E-state index in [2.05, 4.69) is 10.5 Å². The first-order valence-electron chi connectivity index (χ1n) is 5.65. The molecule has 0 radical (unpaired) electrons. The molecule has 2 aliphatic rings. The van der Waals surface area contributed by atoms with E-state index in [1.807, 2.05) is 6.92 Å². The number of carbonyl (C=O) groups excluding carboxylic acids is 1. The van der Waals surface area contributed by atoms with Crippen LogP contribution in [0.4, 0.5) is 0 Å². The minimum Gasteiger partial charge on any atom is -0.273 e. The molecule has 2 atom stereocenters. The highest BCUT2D eigenvalue weighted by Gasteiger charge is 2.31. The number of nitrogens with zero attached hydrogens (tertiary/aromatic N) is 1. The maximum atomic E-state index is 11.4. The molecule has 3 nitrogen and oxygen atoms in total. The summed E-state index contributed by atoms with van der Waals surface area (Å²) in [6, 6.07) is 0. The Hall–Kier alpha value is -0.860. The number of amides is 1. The summed E-state index contributed by atoms with van der Waals surface area (Å²) in [5, 5.41) is 4.20. The number of fused-ring (bicyclic) bond motifs is 1. The van der Waals surface area contributed by atoms with Crippen LogP contribution in [0, 0.1) is 11.8 Å². The molecule has 78 valence electrons. The molecule has 0 aromatic rings. The minimum absolute atomic E-state index is 0.0966. The van der Waals surface area contributed by atoms with E-state index >= 15 is 0 Å². The molecular formula is C11H18N2O. The lowest BCUT2D eigenvalue weighted by Gasteiger charge is -2.29. The molecule has 1 fully saturated rings. The Kier molecular flexibility index (Phi) is 2.85. The third-order valence-corrected chi connectivity index (χ3v) is 3.45. The minimum atomic E-state index is 0.0966. The average Bonchev–Trinajstić information content (AvgIpc) is 2.13. The fourth-order valence-electron chi connectivity index (χ4n) is 2.46. The molecule has 0 aromatic heterocycles. The summed E-state index contributed by atoms with van der Waals surface area (Å²) in [6.07, 6.45) is 7.34. The van der Waals surface area contributed by atoms with E-state index in [4.69, 9.17) is 0 Å². The second-order valence-corrected chi connectivity index (χ2v) is 4.43. The van der Waals surface area contributed by atoms with Gasteiger partial charge < -0.3 is 0 Å². The van der Waals surface area contributed by atoms with Crippen LogP contribution in [0.2, 0.25) is 0 Å². The first-order valence-corrected chi connectivity index (χ1v) is 5.65. The van der Waals surface area contributed by atoms with E-state index in [1.165, 1.54) is 31.4 Å². The average molecular weight is 194 g/mol. The lowest BCUT2D eigenvalue weighted by Crippen LogP contribution is -2.40. The van der Waals surface area contributed by atoms with Crippen molar-refractivity contribution in [2.24, 2.45) is 16.9 Å². The molecule has 1 aliphatic carbocycles. The van der Waals surface area contributed by atoms with Crippen molar-refractivity contribution in [3.63, 3.8) is 0 Å². The van der Waals surface area contributed by atoms with Crippen LogP contribution in [0.25, 0.3) is 0 Å². The first-order chi connectivity index (χ1) is 6.79. The van der Waals surface area contributed by atoms with E-state index in [0.29, 0.717) is 5.92 Å². The Balaban J connectivity index is 2.14. The molecule has 0 bridgehead atoms. The summed E-state index contributed by atoms with van der Waals surface area (Å²) in [5.74, 6) is 0.643. The van der Waals surface area contributed by atoms with Gasteiger partial charge in [-0.25, -0.2) is 5.43 Å². The number of rotatable bonds is 0. The Morgan fingerprint density at radius 1 is 1.29 bits per heavy atom. The van der Waals surface area contributed by atoms with Crippen LogP contribution in [-0.2, 0) is 4.79 Å². The highest BCUT2D eigenvalue weighted by molar-refractivity contribution is 5.95. The van der Waals surface area contributed by atoms with Crippen molar-refractivity contribution in [1.82, 2.24) is 5.43 Å². The van der Waals surface area contributed by atoms with Gasteiger partial charge in [-0.05, 0) is 19.3 Å². The molecule has 1 amide bonds. The molecule has 0 spiro atoms. The van der Waals surface area contributed by atoms with Gasteiger partial charge in [-0.15, -0.1) is 0 Å². The molecule has 1 N–H and O–H groups in total. The van der Waals surface area contributed by atoms with Crippen LogP contribution >= 0.6 is 0 Å². The SMILES string of the molecule is CC1C(=O)NN=C2CCCCCCC21. The third-order valence-electron chi connectivity index (χ3n) is 3.45. The lowest BCUT2D eigenvalue weighted by atomic mass is 9.80. The number of nitrogens with one attached hydrogen (secondary N) is 1. The first kappa shape index (κ1) is 9.69. The van der Waals surface area contributed by atoms with Crippen LogP contribution in [0.1, 0.15) is 45.4 Å². The Morgan fingerprint density at radius 3 is 2.93 bits per heavy atom. The number of carbonyl (C=O) groups is 1. The number of hydrogen-bond acceptors (Lipinski definition) is 2. The summed E-state index contributed by atoms with van der Waals surface area (Å²) >= 11 is 0. The van der Waals surface area contributed by atoms with E-state index in [-0.39, 0.29) is 11.8 Å². The Morgan fingerprint density at radius 2 is 2.07 bits per heavy atom. The van der Waals surface area contributed by atoms with Crippen LogP contribution in [0.3, 0.4) is 0 Å². The van der Waals surface area contributed by atoms with Gasteiger partial charge in [0.2, 0.25) is 5.91 Å². The number of hydrazone groups is 1. The molecule has 1 saturated carbocycles. The van der Waals surface area contributed by atoms with Gasteiger partial charge in [-0.2, -0.15) is 5.10 Å². The predicted octanol–water partition coefficient (Wildman–Crippen LogP) is 2.08. The van der Waals surface area contributed by atoms with Crippen molar-refractivity contribution >= 4 is 11.6 Å². The monoisotopic (exact) mass is 194 g/mol. The highest BCUT2D eigenvalue weighted by atomic mass is 16.2. The molecule has 2 rings (SSSR count). The van der Waals surface area contributed by atoms with Crippen molar-refractivity contribution in [2.45, 2.75) is 45.4 Å². The maximum Gasteiger partial charge on any atom is 0.243 e. The van der Waals surface area contributed by atoms with Crippen molar-refractivity contribution in [2.75, 3.05) is 0 Å². The topological polar surface area (TPSA) is 41.5 Å².